The fraction of sp³-hybridized carbons (Fsp3) is 0.444. The highest BCUT2D eigenvalue weighted by molar-refractivity contribution is 9.10. The van der Waals surface area contributed by atoms with Gasteiger partial charge in [0.1, 0.15) is 4.34 Å². The van der Waals surface area contributed by atoms with Crippen molar-refractivity contribution in [3.8, 4) is 0 Å². The van der Waals surface area contributed by atoms with Gasteiger partial charge in [-0.2, -0.15) is 0 Å². The van der Waals surface area contributed by atoms with Crippen LogP contribution in [0.5, 0.6) is 0 Å². The Labute approximate surface area is 100 Å². The number of carbonyl (C=O) groups is 1. The molecule has 1 unspecified atom stereocenters. The van der Waals surface area contributed by atoms with Crippen molar-refractivity contribution < 1.29 is 9.90 Å². The molecular formula is C9H10BrClO2S. The van der Waals surface area contributed by atoms with Gasteiger partial charge in [-0.25, -0.2) is 0 Å². The first-order valence-electron chi connectivity index (χ1n) is 4.17. The zero-order valence-electron chi connectivity index (χ0n) is 7.59. The van der Waals surface area contributed by atoms with E-state index in [1.807, 2.05) is 13.0 Å². The molecule has 0 radical (unpaired) electrons. The maximum absolute atomic E-state index is 10.4. The summed E-state index contributed by atoms with van der Waals surface area (Å²) < 4.78 is 1.61. The van der Waals surface area contributed by atoms with Crippen LogP contribution < -0.4 is 0 Å². The smallest absolute Gasteiger partial charge is 0.303 e. The molecule has 78 valence electrons. The molecular weight excluding hydrogens is 288 g/mol. The molecule has 0 amide bonds. The molecule has 0 bridgehead atoms. The maximum Gasteiger partial charge on any atom is 0.303 e. The normalized spacial score (nSPS) is 12.8. The van der Waals surface area contributed by atoms with Crippen molar-refractivity contribution in [3.05, 3.63) is 19.8 Å². The summed E-state index contributed by atoms with van der Waals surface area (Å²) >= 11 is 10.7. The average molecular weight is 298 g/mol. The predicted octanol–water partition coefficient (Wildman–Crippen LogP) is 4.13. The largest absolute Gasteiger partial charge is 0.481 e. The third-order valence-electron chi connectivity index (χ3n) is 1.94. The number of aliphatic carboxylic acids is 1. The minimum Gasteiger partial charge on any atom is -0.481 e. The van der Waals surface area contributed by atoms with Crippen molar-refractivity contribution in [1.82, 2.24) is 0 Å². The van der Waals surface area contributed by atoms with Gasteiger partial charge in [0.2, 0.25) is 0 Å². The molecule has 0 saturated carbocycles. The first kappa shape index (κ1) is 12.0. The van der Waals surface area contributed by atoms with Gasteiger partial charge < -0.3 is 5.11 Å². The summed E-state index contributed by atoms with van der Waals surface area (Å²) in [7, 11) is 0. The van der Waals surface area contributed by atoms with Crippen LogP contribution in [0.25, 0.3) is 0 Å². The molecule has 0 aliphatic carbocycles. The molecule has 1 aromatic rings. The van der Waals surface area contributed by atoms with Crippen LogP contribution in [0.4, 0.5) is 0 Å². The van der Waals surface area contributed by atoms with E-state index in [2.05, 4.69) is 15.9 Å². The van der Waals surface area contributed by atoms with Gasteiger partial charge in [0, 0.05) is 15.8 Å². The Balaban J connectivity index is 2.60. The van der Waals surface area contributed by atoms with Crippen molar-refractivity contribution in [3.63, 3.8) is 0 Å². The van der Waals surface area contributed by atoms with E-state index < -0.39 is 5.97 Å². The molecule has 1 rings (SSSR count). The van der Waals surface area contributed by atoms with Gasteiger partial charge in [-0.05, 0) is 34.3 Å². The highest BCUT2D eigenvalue weighted by Gasteiger charge is 2.12. The van der Waals surface area contributed by atoms with Gasteiger partial charge in [0.15, 0.2) is 0 Å². The molecule has 0 saturated heterocycles. The van der Waals surface area contributed by atoms with Crippen LogP contribution in [0, 0.1) is 0 Å². The van der Waals surface area contributed by atoms with Gasteiger partial charge in [-0.15, -0.1) is 11.3 Å². The van der Waals surface area contributed by atoms with Crippen LogP contribution in [0.15, 0.2) is 10.5 Å². The molecule has 1 N–H and O–H groups in total. The molecule has 1 atom stereocenters. The lowest BCUT2D eigenvalue weighted by molar-refractivity contribution is -0.137. The molecule has 1 heterocycles. The van der Waals surface area contributed by atoms with E-state index in [1.165, 1.54) is 11.3 Å². The van der Waals surface area contributed by atoms with Crippen LogP contribution in [-0.2, 0) is 4.79 Å². The van der Waals surface area contributed by atoms with Crippen molar-refractivity contribution in [1.29, 1.82) is 0 Å². The van der Waals surface area contributed by atoms with E-state index in [0.717, 1.165) is 13.7 Å². The summed E-state index contributed by atoms with van der Waals surface area (Å²) in [6.07, 6.45) is 0.854. The monoisotopic (exact) mass is 296 g/mol. The lowest BCUT2D eigenvalue weighted by Crippen LogP contribution is -1.98. The molecule has 0 spiro atoms. The zero-order valence-corrected chi connectivity index (χ0v) is 10.7. The quantitative estimate of drug-likeness (QED) is 0.907. The summed E-state index contributed by atoms with van der Waals surface area (Å²) in [5.74, 6) is -0.501. The Hall–Kier alpha value is -0.0600. The third kappa shape index (κ3) is 3.26. The molecule has 1 aromatic heterocycles. The van der Waals surface area contributed by atoms with E-state index in [-0.39, 0.29) is 12.3 Å². The van der Waals surface area contributed by atoms with E-state index in [0.29, 0.717) is 6.42 Å². The topological polar surface area (TPSA) is 37.3 Å². The standard InChI is InChI=1S/C9H10BrClO2S/c1-5(2-3-8(12)13)7-4-6(10)9(11)14-7/h4-5H,2-3H2,1H3,(H,12,13). The number of halogens is 2. The third-order valence-corrected chi connectivity index (χ3v) is 4.65. The number of rotatable bonds is 4. The SMILES string of the molecule is CC(CCC(=O)O)c1cc(Br)c(Cl)s1. The van der Waals surface area contributed by atoms with Crippen LogP contribution in [0.2, 0.25) is 4.34 Å². The van der Waals surface area contributed by atoms with Crippen molar-refractivity contribution >= 4 is 44.8 Å². The van der Waals surface area contributed by atoms with Crippen LogP contribution in [0.3, 0.4) is 0 Å². The van der Waals surface area contributed by atoms with Gasteiger partial charge in [-0.1, -0.05) is 18.5 Å². The van der Waals surface area contributed by atoms with Crippen LogP contribution in [-0.4, -0.2) is 11.1 Å². The summed E-state index contributed by atoms with van der Waals surface area (Å²) in [6, 6.07) is 1.96. The first-order valence-corrected chi connectivity index (χ1v) is 6.16. The van der Waals surface area contributed by atoms with E-state index >= 15 is 0 Å². The molecule has 0 fully saturated rings. The number of hydrogen-bond donors (Lipinski definition) is 1. The van der Waals surface area contributed by atoms with Gasteiger partial charge in [0.05, 0.1) is 0 Å². The molecule has 0 aliphatic heterocycles. The second-order valence-electron chi connectivity index (χ2n) is 3.10. The average Bonchev–Trinajstić information content (AvgIpc) is 2.43. The molecule has 0 aliphatic rings. The summed E-state index contributed by atoms with van der Waals surface area (Å²) in [5, 5.41) is 8.54. The predicted molar refractivity (Wildman–Crippen MR) is 62.3 cm³/mol. The summed E-state index contributed by atoms with van der Waals surface area (Å²) in [4.78, 5) is 11.5. The summed E-state index contributed by atoms with van der Waals surface area (Å²) in [5.41, 5.74) is 0. The second-order valence-corrected chi connectivity index (χ2v) is 5.64. The van der Waals surface area contributed by atoms with Gasteiger partial charge in [0.25, 0.3) is 0 Å². The Morgan fingerprint density at radius 1 is 1.79 bits per heavy atom. The lowest BCUT2D eigenvalue weighted by atomic mass is 10.0. The van der Waals surface area contributed by atoms with Gasteiger partial charge >= 0.3 is 5.97 Å². The zero-order chi connectivity index (χ0) is 10.7. The van der Waals surface area contributed by atoms with Crippen molar-refractivity contribution in [2.75, 3.05) is 0 Å². The molecule has 0 aromatic carbocycles. The van der Waals surface area contributed by atoms with Gasteiger partial charge in [-0.3, -0.25) is 4.79 Å². The molecule has 5 heteroatoms. The second kappa shape index (κ2) is 5.14. The van der Waals surface area contributed by atoms with Crippen LogP contribution >= 0.6 is 38.9 Å². The maximum atomic E-state index is 10.4. The minimum atomic E-state index is -0.751. The number of carboxylic acids is 1. The Kier molecular flexibility index (Phi) is 4.41. The first-order chi connectivity index (χ1) is 6.50. The van der Waals surface area contributed by atoms with Crippen molar-refractivity contribution in [2.45, 2.75) is 25.7 Å². The van der Waals surface area contributed by atoms with Crippen LogP contribution in [0.1, 0.15) is 30.6 Å². The Bertz CT molecular complexity index is 318. The lowest BCUT2D eigenvalue weighted by Gasteiger charge is -2.05. The fourth-order valence-electron chi connectivity index (χ4n) is 1.09. The summed E-state index contributed by atoms with van der Waals surface area (Å²) in [6.45, 7) is 2.01. The fourth-order valence-corrected chi connectivity index (χ4v) is 2.91. The number of hydrogen-bond acceptors (Lipinski definition) is 2. The number of thiophene rings is 1. The van der Waals surface area contributed by atoms with E-state index in [4.69, 9.17) is 16.7 Å². The Morgan fingerprint density at radius 2 is 2.43 bits per heavy atom. The Morgan fingerprint density at radius 3 is 2.86 bits per heavy atom. The minimum absolute atomic E-state index is 0.203. The van der Waals surface area contributed by atoms with E-state index in [1.54, 1.807) is 0 Å². The molecule has 2 nitrogen and oxygen atoms in total. The number of carboxylic acid groups (broad SMARTS) is 1. The van der Waals surface area contributed by atoms with Crippen molar-refractivity contribution in [2.24, 2.45) is 0 Å². The molecule has 14 heavy (non-hydrogen) atoms. The van der Waals surface area contributed by atoms with E-state index in [9.17, 15) is 4.79 Å². The highest BCUT2D eigenvalue weighted by Crippen LogP contribution is 2.37. The highest BCUT2D eigenvalue weighted by atomic mass is 79.9.